The van der Waals surface area contributed by atoms with Crippen LogP contribution in [0.15, 0.2) is 6.08 Å². The van der Waals surface area contributed by atoms with Crippen LogP contribution in [-0.4, -0.2) is 58.5 Å². The first kappa shape index (κ1) is 28.1. The third-order valence-corrected chi connectivity index (χ3v) is 5.81. The van der Waals surface area contributed by atoms with E-state index in [1.54, 1.807) is 0 Å². The number of unbranched alkanes of at least 4 members (excludes halogenated alkanes) is 3. The van der Waals surface area contributed by atoms with Crippen molar-refractivity contribution in [2.75, 3.05) is 26.7 Å². The fourth-order valence-corrected chi connectivity index (χ4v) is 4.46. The summed E-state index contributed by atoms with van der Waals surface area (Å²) in [6, 6.07) is 0. The Morgan fingerprint density at radius 1 is 1.16 bits per heavy atom. The molecule has 0 amide bonds. The Bertz CT molecular complexity index is 711. The van der Waals surface area contributed by atoms with E-state index in [1.165, 1.54) is 31.0 Å². The summed E-state index contributed by atoms with van der Waals surface area (Å²) in [5.41, 5.74) is 1.93. The Morgan fingerprint density at radius 3 is 2.55 bits per heavy atom. The summed E-state index contributed by atoms with van der Waals surface area (Å²) >= 11 is 1.18. The quantitative estimate of drug-likeness (QED) is 0.177. The average Bonchev–Trinajstić information content (AvgIpc) is 3.13. The number of carbonyl (C=O) groups is 1. The van der Waals surface area contributed by atoms with Gasteiger partial charge in [0.1, 0.15) is 12.2 Å². The third-order valence-electron chi connectivity index (χ3n) is 5.30. The van der Waals surface area contributed by atoms with Gasteiger partial charge in [-0.3, -0.25) is 4.48 Å². The van der Waals surface area contributed by atoms with E-state index >= 15 is 0 Å². The average molecular weight is 568 g/mol. The van der Waals surface area contributed by atoms with Crippen LogP contribution < -0.4 is 28.7 Å². The molecule has 9 heteroatoms. The second kappa shape index (κ2) is 13.6. The van der Waals surface area contributed by atoms with Crippen LogP contribution in [0.2, 0.25) is 0 Å². The normalized spacial score (nSPS) is 19.5. The summed E-state index contributed by atoms with van der Waals surface area (Å²) in [4.78, 5) is 12.2. The van der Waals surface area contributed by atoms with E-state index in [0.29, 0.717) is 23.5 Å². The van der Waals surface area contributed by atoms with Crippen molar-refractivity contribution >= 4 is 23.5 Å². The molecular weight excluding hydrogens is 529 g/mol. The number of halogens is 1. The van der Waals surface area contributed by atoms with Crippen LogP contribution in [0.3, 0.4) is 0 Å². The van der Waals surface area contributed by atoms with E-state index in [1.807, 2.05) is 13.8 Å². The molecule has 0 radical (unpaired) electrons. The van der Waals surface area contributed by atoms with Gasteiger partial charge < -0.3 is 38.2 Å². The molecule has 1 aliphatic rings. The molecule has 0 saturated heterocycles. The molecule has 2 atom stereocenters. The van der Waals surface area contributed by atoms with E-state index in [4.69, 9.17) is 14.2 Å². The fourth-order valence-electron chi connectivity index (χ4n) is 3.93. The predicted molar refractivity (Wildman–Crippen MR) is 119 cm³/mol. The van der Waals surface area contributed by atoms with E-state index < -0.39 is 6.16 Å². The lowest BCUT2D eigenvalue weighted by atomic mass is 10.0. The Kier molecular flexibility index (Phi) is 12.3. The Hall–Kier alpha value is -0.940. The maximum Gasteiger partial charge on any atom is 0.513 e. The van der Waals surface area contributed by atoms with Crippen LogP contribution >= 0.6 is 11.7 Å². The highest BCUT2D eigenvalue weighted by molar-refractivity contribution is 6.99. The minimum atomic E-state index is -0.606. The number of hydrogen-bond donors (Lipinski definition) is 0. The highest BCUT2D eigenvalue weighted by Crippen LogP contribution is 2.33. The van der Waals surface area contributed by atoms with Crippen LogP contribution in [-0.2, 0) is 9.47 Å². The van der Waals surface area contributed by atoms with Crippen molar-refractivity contribution in [3.05, 3.63) is 11.8 Å². The van der Waals surface area contributed by atoms with Gasteiger partial charge in [-0.15, -0.1) is 4.37 Å². The summed E-state index contributed by atoms with van der Waals surface area (Å²) in [6.07, 6.45) is 6.61. The van der Waals surface area contributed by atoms with Gasteiger partial charge in [0.05, 0.1) is 38.0 Å². The van der Waals surface area contributed by atoms with Crippen LogP contribution in [0.25, 0.3) is 5.57 Å². The zero-order valence-electron chi connectivity index (χ0n) is 19.7. The van der Waals surface area contributed by atoms with E-state index in [2.05, 4.69) is 42.6 Å². The second-order valence-corrected chi connectivity index (χ2v) is 9.40. The van der Waals surface area contributed by atoms with E-state index in [0.717, 1.165) is 30.7 Å². The minimum absolute atomic E-state index is 0. The second-order valence-electron chi connectivity index (χ2n) is 8.88. The summed E-state index contributed by atoms with van der Waals surface area (Å²) in [5, 5.41) is 0. The van der Waals surface area contributed by atoms with Gasteiger partial charge in [-0.2, -0.15) is 4.37 Å². The van der Waals surface area contributed by atoms with Crippen LogP contribution in [0.4, 0.5) is 4.79 Å². The van der Waals surface area contributed by atoms with Crippen LogP contribution in [0.5, 0.6) is 5.88 Å². The van der Waals surface area contributed by atoms with Crippen molar-refractivity contribution in [2.24, 2.45) is 5.92 Å². The van der Waals surface area contributed by atoms with E-state index in [9.17, 15) is 4.79 Å². The summed E-state index contributed by atoms with van der Waals surface area (Å²) in [7, 11) is 2.13. The monoisotopic (exact) mass is 567 g/mol. The SMILES string of the molecule is CCCCCCOc1nsnc1C1=CCC[N+](C)(C(OC(=O)OC(C)C)C(C)C)C1.[I-]. The lowest BCUT2D eigenvalue weighted by molar-refractivity contribution is -0.950. The van der Waals surface area contributed by atoms with Crippen molar-refractivity contribution in [3.63, 3.8) is 0 Å². The molecule has 0 aliphatic carbocycles. The van der Waals surface area contributed by atoms with Crippen molar-refractivity contribution in [1.82, 2.24) is 8.75 Å². The van der Waals surface area contributed by atoms with Gasteiger partial charge in [-0.05, 0) is 20.3 Å². The first-order valence-electron chi connectivity index (χ1n) is 11.1. The zero-order valence-corrected chi connectivity index (χ0v) is 22.7. The van der Waals surface area contributed by atoms with Gasteiger partial charge in [0, 0.05) is 17.9 Å². The number of hydrogen-bond acceptors (Lipinski definition) is 7. The Morgan fingerprint density at radius 2 is 1.90 bits per heavy atom. The maximum atomic E-state index is 12.2. The van der Waals surface area contributed by atoms with Crippen LogP contribution in [0, 0.1) is 5.92 Å². The van der Waals surface area contributed by atoms with E-state index in [-0.39, 0.29) is 42.2 Å². The predicted octanol–water partition coefficient (Wildman–Crippen LogP) is 2.28. The molecule has 7 nitrogen and oxygen atoms in total. The molecule has 1 aromatic heterocycles. The standard InChI is InChI=1S/C22H38N3O4S.HI/c1-7-8-9-10-14-27-20-19(23-30-24-20)18-12-11-13-25(6,15-18)21(16(2)3)29-22(26)28-17(4)5;/h12,16-17,21H,7-11,13-15H2,1-6H3;1H/q+1;/p-1. The molecule has 0 spiro atoms. The number of aromatic nitrogens is 2. The molecule has 0 fully saturated rings. The van der Waals surface area contributed by atoms with Crippen molar-refractivity contribution < 1.29 is 47.5 Å². The topological polar surface area (TPSA) is 70.5 Å². The maximum absolute atomic E-state index is 12.2. The molecule has 0 aromatic carbocycles. The van der Waals surface area contributed by atoms with Crippen molar-refractivity contribution in [3.8, 4) is 5.88 Å². The number of nitrogens with zero attached hydrogens (tertiary/aromatic N) is 3. The number of ether oxygens (including phenoxy) is 3. The molecule has 2 rings (SSSR count). The number of carbonyl (C=O) groups excluding carboxylic acids is 1. The lowest BCUT2D eigenvalue weighted by Crippen LogP contribution is -3.00. The van der Waals surface area contributed by atoms with Gasteiger partial charge in [0.25, 0.3) is 5.88 Å². The number of rotatable bonds is 11. The van der Waals surface area contributed by atoms with Gasteiger partial charge in [0.2, 0.25) is 6.23 Å². The lowest BCUT2D eigenvalue weighted by Gasteiger charge is -2.44. The first-order chi connectivity index (χ1) is 14.3. The van der Waals surface area contributed by atoms with Crippen molar-refractivity contribution in [2.45, 2.75) is 79.1 Å². The van der Waals surface area contributed by atoms with Gasteiger partial charge in [0.15, 0.2) is 0 Å². The molecule has 2 heterocycles. The largest absolute Gasteiger partial charge is 1.00 e. The molecule has 178 valence electrons. The summed E-state index contributed by atoms with van der Waals surface area (Å²) in [5.74, 6) is 0.773. The molecule has 31 heavy (non-hydrogen) atoms. The Labute approximate surface area is 208 Å². The molecule has 0 saturated carbocycles. The first-order valence-corrected chi connectivity index (χ1v) is 11.9. The number of quaternary nitrogens is 1. The summed E-state index contributed by atoms with van der Waals surface area (Å²) in [6.45, 7) is 12.2. The van der Waals surface area contributed by atoms with Crippen molar-refractivity contribution in [1.29, 1.82) is 0 Å². The minimum Gasteiger partial charge on any atom is -1.00 e. The smallest absolute Gasteiger partial charge is 0.513 e. The molecule has 2 unspecified atom stereocenters. The highest BCUT2D eigenvalue weighted by atomic mass is 127. The third kappa shape index (κ3) is 8.49. The number of likely N-dealkylation sites (N-methyl/N-ethyl adjacent to an activating group) is 1. The molecular formula is C22H38IN3O4S. The van der Waals surface area contributed by atoms with Gasteiger partial charge >= 0.3 is 6.16 Å². The molecule has 0 bridgehead atoms. The van der Waals surface area contributed by atoms with Gasteiger partial charge in [-0.25, -0.2) is 4.79 Å². The molecule has 0 N–H and O–H groups in total. The Balaban J connectivity index is 0.00000480. The highest BCUT2D eigenvalue weighted by Gasteiger charge is 2.41. The van der Waals surface area contributed by atoms with Gasteiger partial charge in [-0.1, -0.05) is 46.1 Å². The fraction of sp³-hybridized carbons (Fsp3) is 0.773. The molecule has 1 aromatic rings. The van der Waals surface area contributed by atoms with Crippen LogP contribution in [0.1, 0.15) is 72.4 Å². The molecule has 1 aliphatic heterocycles. The summed E-state index contributed by atoms with van der Waals surface area (Å²) < 4.78 is 26.4. The zero-order chi connectivity index (χ0) is 22.1.